The Bertz CT molecular complexity index is 1270. The topological polar surface area (TPSA) is 96.8 Å². The monoisotopic (exact) mass is 547 g/mol. The first kappa shape index (κ1) is 30.4. The molecule has 1 aromatic heterocycles. The second-order valence-corrected chi connectivity index (χ2v) is 14.1. The molecule has 0 N–H and O–H groups in total. The SMILES string of the molecule is CC.CCCC1(C)CCC(c2nnc(C)o2)CC1C1CC2(C)CCC3C(C)(C)C(=O)C(C#N)=CC3(C)C2=CC1=O. The Labute approximate surface area is 241 Å². The molecule has 6 nitrogen and oxygen atoms in total. The van der Waals surface area contributed by atoms with Crippen molar-refractivity contribution in [3.63, 3.8) is 0 Å². The first-order valence-corrected chi connectivity index (χ1v) is 15.5. The molecule has 6 heteroatoms. The van der Waals surface area contributed by atoms with Gasteiger partial charge < -0.3 is 4.42 Å². The summed E-state index contributed by atoms with van der Waals surface area (Å²) >= 11 is 0. The zero-order chi connectivity index (χ0) is 29.7. The second-order valence-electron chi connectivity index (χ2n) is 14.1. The van der Waals surface area contributed by atoms with Crippen LogP contribution in [0.4, 0.5) is 0 Å². The Morgan fingerprint density at radius 3 is 2.38 bits per heavy atom. The van der Waals surface area contributed by atoms with Crippen LogP contribution in [0.3, 0.4) is 0 Å². The molecule has 7 unspecified atom stereocenters. The first-order chi connectivity index (χ1) is 18.8. The van der Waals surface area contributed by atoms with E-state index in [2.05, 4.69) is 44.0 Å². The van der Waals surface area contributed by atoms with E-state index < -0.39 is 10.8 Å². The lowest BCUT2D eigenvalue weighted by Gasteiger charge is -2.59. The third-order valence-corrected chi connectivity index (χ3v) is 11.2. The number of fused-ring (bicyclic) bond motifs is 3. The van der Waals surface area contributed by atoms with Crippen LogP contribution in [-0.2, 0) is 9.59 Å². The van der Waals surface area contributed by atoms with E-state index in [4.69, 9.17) is 4.42 Å². The number of aromatic nitrogens is 2. The maximum Gasteiger partial charge on any atom is 0.219 e. The lowest BCUT2D eigenvalue weighted by Crippen LogP contribution is -2.55. The molecule has 0 spiro atoms. The van der Waals surface area contributed by atoms with Gasteiger partial charge in [0.1, 0.15) is 6.07 Å². The van der Waals surface area contributed by atoms with Crippen molar-refractivity contribution in [1.29, 1.82) is 5.26 Å². The van der Waals surface area contributed by atoms with Crippen molar-refractivity contribution in [2.45, 2.75) is 120 Å². The molecule has 2 saturated carbocycles. The summed E-state index contributed by atoms with van der Waals surface area (Å²) in [7, 11) is 0. The van der Waals surface area contributed by atoms with Gasteiger partial charge in [0.15, 0.2) is 11.6 Å². The van der Waals surface area contributed by atoms with Crippen LogP contribution in [0.25, 0.3) is 0 Å². The number of hydrogen-bond donors (Lipinski definition) is 0. The van der Waals surface area contributed by atoms with Crippen LogP contribution < -0.4 is 0 Å². The van der Waals surface area contributed by atoms with Crippen molar-refractivity contribution in [3.05, 3.63) is 35.1 Å². The van der Waals surface area contributed by atoms with Gasteiger partial charge in [-0.05, 0) is 73.7 Å². The van der Waals surface area contributed by atoms with Gasteiger partial charge in [-0.2, -0.15) is 5.26 Å². The van der Waals surface area contributed by atoms with E-state index in [9.17, 15) is 14.9 Å². The highest BCUT2D eigenvalue weighted by Gasteiger charge is 2.60. The number of aryl methyl sites for hydroxylation is 1. The van der Waals surface area contributed by atoms with Gasteiger partial charge in [0.2, 0.25) is 11.8 Å². The van der Waals surface area contributed by atoms with Crippen LogP contribution in [0.15, 0.2) is 27.7 Å². The molecule has 40 heavy (non-hydrogen) atoms. The zero-order valence-electron chi connectivity index (χ0n) is 26.2. The minimum atomic E-state index is -0.630. The van der Waals surface area contributed by atoms with E-state index in [1.807, 2.05) is 46.8 Å². The molecule has 4 aliphatic carbocycles. The van der Waals surface area contributed by atoms with Gasteiger partial charge in [-0.1, -0.05) is 73.5 Å². The largest absolute Gasteiger partial charge is 0.425 e. The Kier molecular flexibility index (Phi) is 8.13. The highest BCUT2D eigenvalue weighted by Crippen LogP contribution is 2.66. The Hall–Kier alpha value is -2.55. The van der Waals surface area contributed by atoms with Gasteiger partial charge in [0.05, 0.1) is 5.57 Å². The second kappa shape index (κ2) is 10.7. The summed E-state index contributed by atoms with van der Waals surface area (Å²) in [6.07, 6.45) is 11.7. The van der Waals surface area contributed by atoms with Crippen molar-refractivity contribution in [2.75, 3.05) is 0 Å². The van der Waals surface area contributed by atoms with Gasteiger partial charge in [0.25, 0.3) is 0 Å². The Morgan fingerprint density at radius 2 is 1.77 bits per heavy atom. The van der Waals surface area contributed by atoms with Crippen LogP contribution in [0.5, 0.6) is 0 Å². The molecule has 0 bridgehead atoms. The molecule has 7 atom stereocenters. The quantitative estimate of drug-likeness (QED) is 0.378. The zero-order valence-corrected chi connectivity index (χ0v) is 26.2. The van der Waals surface area contributed by atoms with Crippen LogP contribution in [0, 0.1) is 57.7 Å². The molecule has 1 heterocycles. The van der Waals surface area contributed by atoms with E-state index in [0.29, 0.717) is 11.8 Å². The van der Waals surface area contributed by atoms with Gasteiger partial charge >= 0.3 is 0 Å². The predicted molar refractivity (Wildman–Crippen MR) is 156 cm³/mol. The summed E-state index contributed by atoms with van der Waals surface area (Å²) in [6.45, 7) is 18.9. The maximum atomic E-state index is 14.1. The van der Waals surface area contributed by atoms with Crippen molar-refractivity contribution in [1.82, 2.24) is 10.2 Å². The molecule has 5 rings (SSSR count). The van der Waals surface area contributed by atoms with Gasteiger partial charge in [-0.3, -0.25) is 9.59 Å². The van der Waals surface area contributed by atoms with E-state index in [1.165, 1.54) is 0 Å². The highest BCUT2D eigenvalue weighted by molar-refractivity contribution is 6.04. The van der Waals surface area contributed by atoms with Crippen LogP contribution in [-0.4, -0.2) is 21.8 Å². The molecule has 4 aliphatic rings. The fourth-order valence-corrected chi connectivity index (χ4v) is 9.33. The van der Waals surface area contributed by atoms with Crippen molar-refractivity contribution in [2.24, 2.45) is 39.4 Å². The summed E-state index contributed by atoms with van der Waals surface area (Å²) in [5, 5.41) is 18.2. The molecule has 0 aliphatic heterocycles. The summed E-state index contributed by atoms with van der Waals surface area (Å²) in [5.41, 5.74) is 0.227. The highest BCUT2D eigenvalue weighted by atomic mass is 16.4. The lowest BCUT2D eigenvalue weighted by atomic mass is 9.43. The summed E-state index contributed by atoms with van der Waals surface area (Å²) in [5.74, 6) is 1.93. The fourth-order valence-electron chi connectivity index (χ4n) is 9.33. The minimum absolute atomic E-state index is 0.0510. The summed E-state index contributed by atoms with van der Waals surface area (Å²) < 4.78 is 5.86. The number of carbonyl (C=O) groups excluding carboxylic acids is 2. The summed E-state index contributed by atoms with van der Waals surface area (Å²) in [6, 6.07) is 2.17. The smallest absolute Gasteiger partial charge is 0.219 e. The van der Waals surface area contributed by atoms with Crippen LogP contribution >= 0.6 is 0 Å². The number of allylic oxidation sites excluding steroid dienone is 4. The Balaban J connectivity index is 0.00000181. The molecule has 0 radical (unpaired) electrons. The molecule has 1 aromatic rings. The van der Waals surface area contributed by atoms with E-state index in [0.717, 1.165) is 56.9 Å². The molecule has 0 saturated heterocycles. The Morgan fingerprint density at radius 1 is 1.07 bits per heavy atom. The lowest BCUT2D eigenvalue weighted by molar-refractivity contribution is -0.132. The number of hydrogen-bond acceptors (Lipinski definition) is 6. The maximum absolute atomic E-state index is 14.1. The number of carbonyl (C=O) groups is 2. The molecule has 218 valence electrons. The van der Waals surface area contributed by atoms with Gasteiger partial charge in [-0.25, -0.2) is 0 Å². The number of ketones is 2. The number of Topliss-reactive ketones (excluding diaryl/α,β-unsaturated/α-hetero) is 1. The normalized spacial score (nSPS) is 38.6. The molecule has 2 fully saturated rings. The first-order valence-electron chi connectivity index (χ1n) is 15.5. The minimum Gasteiger partial charge on any atom is -0.425 e. The molecular weight excluding hydrogens is 498 g/mol. The predicted octanol–water partition coefficient (Wildman–Crippen LogP) is 8.09. The third-order valence-electron chi connectivity index (χ3n) is 11.2. The van der Waals surface area contributed by atoms with Crippen molar-refractivity contribution in [3.8, 4) is 6.07 Å². The average molecular weight is 548 g/mol. The number of rotatable bonds is 4. The van der Waals surface area contributed by atoms with Crippen molar-refractivity contribution >= 4 is 11.6 Å². The fraction of sp³-hybridized carbons (Fsp3) is 0.735. The van der Waals surface area contributed by atoms with E-state index in [1.54, 1.807) is 0 Å². The number of nitriles is 1. The third kappa shape index (κ3) is 4.72. The van der Waals surface area contributed by atoms with E-state index >= 15 is 0 Å². The molecular formula is C34H49N3O3. The van der Waals surface area contributed by atoms with Crippen molar-refractivity contribution < 1.29 is 14.0 Å². The molecule has 0 amide bonds. The van der Waals surface area contributed by atoms with Gasteiger partial charge in [-0.15, -0.1) is 10.2 Å². The summed E-state index contributed by atoms with van der Waals surface area (Å²) in [4.78, 5) is 27.3. The molecule has 0 aromatic carbocycles. The van der Waals surface area contributed by atoms with Crippen LogP contribution in [0.2, 0.25) is 0 Å². The number of nitrogens with zero attached hydrogens (tertiary/aromatic N) is 3. The average Bonchev–Trinajstić information content (AvgIpc) is 3.34. The van der Waals surface area contributed by atoms with E-state index in [-0.39, 0.29) is 51.6 Å². The van der Waals surface area contributed by atoms with Gasteiger partial charge in [0, 0.05) is 29.6 Å². The van der Waals surface area contributed by atoms with Crippen LogP contribution in [0.1, 0.15) is 124 Å². The standard InChI is InChI=1S/C32H43N3O3.C2H6/c1-8-11-30(5)12-9-20(28-35-34-19(2)38-28)14-23(30)22-17-31(6)13-10-25-29(3,4)27(37)21(18-33)16-32(25,7)26(31)15-24(22)36;1-2/h15-16,20,22-23,25H,8-14,17H2,1-7H3;1-2H3.